The lowest BCUT2D eigenvalue weighted by Gasteiger charge is -2.49. The first kappa shape index (κ1) is 21.6. The summed E-state index contributed by atoms with van der Waals surface area (Å²) >= 11 is 0. The quantitative estimate of drug-likeness (QED) is 0.193. The number of fused-ring (bicyclic) bond motifs is 5. The number of nitrogens with zero attached hydrogens (tertiary/aromatic N) is 5. The highest BCUT2D eigenvalue weighted by Gasteiger charge is 2.70. The molecule has 1 spiro atoms. The molecule has 0 saturated carbocycles. The summed E-state index contributed by atoms with van der Waals surface area (Å²) in [4.78, 5) is 4.85. The Morgan fingerprint density at radius 3 is 2.36 bits per heavy atom. The average molecular weight is 545 g/mol. The van der Waals surface area contributed by atoms with Crippen molar-refractivity contribution in [3.63, 3.8) is 0 Å². The number of anilines is 4. The van der Waals surface area contributed by atoms with Crippen molar-refractivity contribution in [1.29, 1.82) is 0 Å². The number of ether oxygens (including phenoxy) is 1. The van der Waals surface area contributed by atoms with Crippen LogP contribution in [0.5, 0.6) is 11.5 Å². The van der Waals surface area contributed by atoms with Crippen LogP contribution in [0.25, 0.3) is 22.3 Å². The van der Waals surface area contributed by atoms with E-state index in [0.29, 0.717) is 0 Å². The molecule has 0 amide bonds. The van der Waals surface area contributed by atoms with Gasteiger partial charge < -0.3 is 9.64 Å². The summed E-state index contributed by atoms with van der Waals surface area (Å²) in [5, 5.41) is 7.17. The Morgan fingerprint density at radius 1 is 0.738 bits per heavy atom. The van der Waals surface area contributed by atoms with Crippen LogP contribution in [-0.2, 0) is 11.0 Å². The van der Waals surface area contributed by atoms with Gasteiger partial charge in [0.2, 0.25) is 5.54 Å². The molecule has 0 bridgehead atoms. The Hall–Kier alpha value is -5.10. The molecule has 7 heterocycles. The Labute approximate surface area is 243 Å². The predicted molar refractivity (Wildman–Crippen MR) is 163 cm³/mol. The van der Waals surface area contributed by atoms with Crippen LogP contribution in [0.1, 0.15) is 36.1 Å². The molecule has 4 aromatic carbocycles. The van der Waals surface area contributed by atoms with Gasteiger partial charge in [0.1, 0.15) is 29.2 Å². The van der Waals surface area contributed by atoms with Crippen LogP contribution in [0.3, 0.4) is 0 Å². The number of rotatable bonds is 0. The SMILES string of the molecule is CN1C=NN2c3cccc4c3C3(c5c(ccc6c5N5c7c(cccc7C6(C)C)-c6ccccc6-c6ccc[n+]3c65)O4)C12. The maximum absolute atomic E-state index is 6.85. The fourth-order valence-corrected chi connectivity index (χ4v) is 9.06. The third-order valence-corrected chi connectivity index (χ3v) is 10.6. The number of likely N-dealkylation sites (N-methyl/N-ethyl adjacent to an activating group) is 1. The van der Waals surface area contributed by atoms with Gasteiger partial charge in [-0.2, -0.15) is 10.0 Å². The molecule has 2 unspecified atom stereocenters. The molecule has 0 N–H and O–H groups in total. The molecule has 1 aromatic heterocycles. The first-order valence-electron chi connectivity index (χ1n) is 14.7. The second kappa shape index (κ2) is 6.52. The first-order valence-corrected chi connectivity index (χ1v) is 14.7. The lowest BCUT2D eigenvalue weighted by atomic mass is 9.67. The van der Waals surface area contributed by atoms with Crippen molar-refractivity contribution in [2.24, 2.45) is 5.10 Å². The van der Waals surface area contributed by atoms with Crippen molar-refractivity contribution in [2.75, 3.05) is 17.0 Å². The molecule has 0 aliphatic carbocycles. The molecule has 2 atom stereocenters. The van der Waals surface area contributed by atoms with Crippen molar-refractivity contribution in [3.8, 4) is 33.8 Å². The lowest BCUT2D eigenvalue weighted by molar-refractivity contribution is -0.737. The molecule has 200 valence electrons. The van der Waals surface area contributed by atoms with Gasteiger partial charge in [-0.3, -0.25) is 0 Å². The van der Waals surface area contributed by atoms with Crippen molar-refractivity contribution in [3.05, 3.63) is 113 Å². The van der Waals surface area contributed by atoms with Gasteiger partial charge in [-0.15, -0.1) is 0 Å². The highest BCUT2D eigenvalue weighted by Crippen LogP contribution is 2.68. The van der Waals surface area contributed by atoms with E-state index in [-0.39, 0.29) is 11.6 Å². The van der Waals surface area contributed by atoms with Gasteiger partial charge in [0.05, 0.1) is 28.6 Å². The van der Waals surface area contributed by atoms with E-state index in [2.05, 4.69) is 131 Å². The summed E-state index contributed by atoms with van der Waals surface area (Å²) in [6.45, 7) is 4.76. The molecule has 11 rings (SSSR count). The fourth-order valence-electron chi connectivity index (χ4n) is 9.06. The smallest absolute Gasteiger partial charge is 0.296 e. The van der Waals surface area contributed by atoms with Crippen molar-refractivity contribution < 1.29 is 9.30 Å². The van der Waals surface area contributed by atoms with Gasteiger partial charge in [0.15, 0.2) is 6.17 Å². The normalized spacial score (nSPS) is 22.6. The highest BCUT2D eigenvalue weighted by atomic mass is 16.5. The van der Waals surface area contributed by atoms with Crippen LogP contribution < -0.4 is 19.2 Å². The number of hydrazone groups is 1. The second-order valence-electron chi connectivity index (χ2n) is 12.8. The molecule has 6 heteroatoms. The summed E-state index contributed by atoms with van der Waals surface area (Å²) in [6.07, 6.45) is 4.18. The minimum atomic E-state index is -0.584. The monoisotopic (exact) mass is 544 g/mol. The fraction of sp³-hybridized carbons (Fsp3) is 0.167. The van der Waals surface area contributed by atoms with Crippen LogP contribution in [0.15, 0.2) is 96.2 Å². The number of hydrogen-bond acceptors (Lipinski definition) is 5. The van der Waals surface area contributed by atoms with E-state index in [1.165, 1.54) is 61.7 Å². The van der Waals surface area contributed by atoms with E-state index < -0.39 is 5.54 Å². The van der Waals surface area contributed by atoms with Crippen LogP contribution in [0.2, 0.25) is 0 Å². The van der Waals surface area contributed by atoms with E-state index in [4.69, 9.17) is 9.84 Å². The van der Waals surface area contributed by atoms with E-state index in [1.807, 2.05) is 6.34 Å². The lowest BCUT2D eigenvalue weighted by Crippen LogP contribution is -2.71. The zero-order chi connectivity index (χ0) is 27.7. The van der Waals surface area contributed by atoms with E-state index in [9.17, 15) is 0 Å². The third-order valence-electron chi connectivity index (χ3n) is 10.6. The summed E-state index contributed by atoms with van der Waals surface area (Å²) in [5.74, 6) is 3.02. The molecule has 6 nitrogen and oxygen atoms in total. The topological polar surface area (TPSA) is 35.2 Å². The Bertz CT molecular complexity index is 2170. The molecule has 0 radical (unpaired) electrons. The molecule has 0 saturated heterocycles. The molecule has 5 aromatic rings. The predicted octanol–water partition coefficient (Wildman–Crippen LogP) is 6.98. The van der Waals surface area contributed by atoms with Gasteiger partial charge in [-0.25, -0.2) is 9.58 Å². The number of aromatic nitrogens is 1. The summed E-state index contributed by atoms with van der Waals surface area (Å²) in [6, 6.07) is 31.2. The van der Waals surface area contributed by atoms with Crippen LogP contribution in [0, 0.1) is 0 Å². The number of hydrogen-bond donors (Lipinski definition) is 0. The zero-order valence-electron chi connectivity index (χ0n) is 23.5. The third kappa shape index (κ3) is 1.99. The minimum Gasteiger partial charge on any atom is -0.456 e. The van der Waals surface area contributed by atoms with Gasteiger partial charge in [-0.05, 0) is 41.5 Å². The maximum atomic E-state index is 6.85. The highest BCUT2D eigenvalue weighted by molar-refractivity contribution is 6.05. The van der Waals surface area contributed by atoms with E-state index >= 15 is 0 Å². The second-order valence-corrected chi connectivity index (χ2v) is 12.8. The summed E-state index contributed by atoms with van der Waals surface area (Å²) in [5.41, 5.74) is 12.9. The first-order chi connectivity index (χ1) is 20.5. The van der Waals surface area contributed by atoms with Gasteiger partial charge in [0, 0.05) is 29.2 Å². The number of benzene rings is 4. The molecule has 42 heavy (non-hydrogen) atoms. The van der Waals surface area contributed by atoms with Crippen molar-refractivity contribution >= 4 is 29.2 Å². The number of para-hydroxylation sites is 1. The van der Waals surface area contributed by atoms with Crippen LogP contribution in [-0.4, -0.2) is 24.5 Å². The summed E-state index contributed by atoms with van der Waals surface area (Å²) in [7, 11) is 2.15. The Morgan fingerprint density at radius 2 is 1.48 bits per heavy atom. The Kier molecular flexibility index (Phi) is 3.36. The van der Waals surface area contributed by atoms with Gasteiger partial charge in [0.25, 0.3) is 5.82 Å². The standard InChI is InChI=1S/C36H26N5O/c1-35(2)24-13-6-11-22-20-9-4-5-10-21(20)23-12-8-18-39-33(23)40(31(22)24)32-25(35)16-17-28-30(32)36(39)29-26(14-7-15-27(29)42-28)41-34(36)38(3)19-37-41/h4-19,34H,1-3H3/q+1. The molecular weight excluding hydrogens is 518 g/mol. The summed E-state index contributed by atoms with van der Waals surface area (Å²) < 4.78 is 9.41. The largest absolute Gasteiger partial charge is 0.456 e. The van der Waals surface area contributed by atoms with Crippen molar-refractivity contribution in [1.82, 2.24) is 4.90 Å². The average Bonchev–Trinajstić information content (AvgIpc) is 3.50. The van der Waals surface area contributed by atoms with Gasteiger partial charge >= 0.3 is 0 Å². The maximum Gasteiger partial charge on any atom is 0.296 e. The molecule has 6 aliphatic heterocycles. The van der Waals surface area contributed by atoms with E-state index in [1.54, 1.807) is 0 Å². The van der Waals surface area contributed by atoms with Crippen LogP contribution in [0.4, 0.5) is 22.9 Å². The Balaban J connectivity index is 1.43. The van der Waals surface area contributed by atoms with Crippen LogP contribution >= 0.6 is 0 Å². The molecular formula is C36H26N5O+. The molecule has 0 fully saturated rings. The van der Waals surface area contributed by atoms with E-state index in [0.717, 1.165) is 17.2 Å². The van der Waals surface area contributed by atoms with Gasteiger partial charge in [-0.1, -0.05) is 68.4 Å². The molecule has 6 aliphatic rings. The zero-order valence-corrected chi connectivity index (χ0v) is 23.5. The van der Waals surface area contributed by atoms with Crippen molar-refractivity contribution in [2.45, 2.75) is 31.0 Å². The number of pyridine rings is 1. The minimum absolute atomic E-state index is 0.0836.